The zero-order valence-electron chi connectivity index (χ0n) is 9.68. The topological polar surface area (TPSA) is 34.1 Å². The fourth-order valence-corrected chi connectivity index (χ4v) is 2.61. The van der Waals surface area contributed by atoms with Gasteiger partial charge in [0.15, 0.2) is 9.84 Å². The van der Waals surface area contributed by atoms with E-state index in [4.69, 9.17) is 0 Å². The molecule has 0 bridgehead atoms. The molecule has 0 spiro atoms. The Hall–Kier alpha value is -1.61. The summed E-state index contributed by atoms with van der Waals surface area (Å²) in [6, 6.07) is 13.8. The standard InChI is InChI=1S/C14H14O2S/c1-11(10-17(2,15)16)13-8-7-12-5-3-4-6-14(12)9-13/h3-9H,1,10H2,2H3. The Kier molecular flexibility index (Phi) is 3.03. The monoisotopic (exact) mass is 246 g/mol. The lowest BCUT2D eigenvalue weighted by atomic mass is 10.0. The third kappa shape index (κ3) is 2.94. The number of hydrogen-bond acceptors (Lipinski definition) is 2. The van der Waals surface area contributed by atoms with Gasteiger partial charge < -0.3 is 0 Å². The van der Waals surface area contributed by atoms with Crippen LogP contribution < -0.4 is 0 Å². The van der Waals surface area contributed by atoms with Crippen molar-refractivity contribution in [2.75, 3.05) is 12.0 Å². The number of rotatable bonds is 3. The van der Waals surface area contributed by atoms with E-state index < -0.39 is 9.84 Å². The van der Waals surface area contributed by atoms with Gasteiger partial charge in [0.2, 0.25) is 0 Å². The van der Waals surface area contributed by atoms with Crippen molar-refractivity contribution in [1.82, 2.24) is 0 Å². The Morgan fingerprint density at radius 1 is 1.12 bits per heavy atom. The number of sulfone groups is 1. The van der Waals surface area contributed by atoms with Gasteiger partial charge in [0.05, 0.1) is 5.75 Å². The van der Waals surface area contributed by atoms with Gasteiger partial charge in [-0.25, -0.2) is 8.42 Å². The Labute approximate surface area is 102 Å². The van der Waals surface area contributed by atoms with E-state index in [9.17, 15) is 8.42 Å². The van der Waals surface area contributed by atoms with Crippen LogP contribution in [0.25, 0.3) is 16.3 Å². The summed E-state index contributed by atoms with van der Waals surface area (Å²) in [6.45, 7) is 3.84. The molecule has 0 saturated heterocycles. The molecule has 0 saturated carbocycles. The second-order valence-electron chi connectivity index (χ2n) is 4.24. The third-order valence-electron chi connectivity index (χ3n) is 2.59. The normalized spacial score (nSPS) is 11.6. The van der Waals surface area contributed by atoms with Crippen molar-refractivity contribution in [1.29, 1.82) is 0 Å². The highest BCUT2D eigenvalue weighted by Crippen LogP contribution is 2.21. The van der Waals surface area contributed by atoms with E-state index in [2.05, 4.69) is 6.58 Å². The van der Waals surface area contributed by atoms with Crippen molar-refractivity contribution >= 4 is 26.2 Å². The van der Waals surface area contributed by atoms with E-state index in [1.165, 1.54) is 6.26 Å². The van der Waals surface area contributed by atoms with Gasteiger partial charge in [0.1, 0.15) is 0 Å². The minimum atomic E-state index is -3.02. The number of hydrogen-bond donors (Lipinski definition) is 0. The number of fused-ring (bicyclic) bond motifs is 1. The molecule has 3 heteroatoms. The minimum Gasteiger partial charge on any atom is -0.229 e. The predicted molar refractivity (Wildman–Crippen MR) is 72.7 cm³/mol. The molecule has 2 nitrogen and oxygen atoms in total. The van der Waals surface area contributed by atoms with Crippen molar-refractivity contribution in [2.45, 2.75) is 0 Å². The van der Waals surface area contributed by atoms with Gasteiger partial charge in [-0.3, -0.25) is 0 Å². The molecule has 0 aliphatic heterocycles. The first-order valence-corrected chi connectivity index (χ1v) is 7.36. The van der Waals surface area contributed by atoms with Crippen LogP contribution in [0.5, 0.6) is 0 Å². The van der Waals surface area contributed by atoms with Crippen molar-refractivity contribution < 1.29 is 8.42 Å². The Morgan fingerprint density at radius 2 is 1.76 bits per heavy atom. The molecular formula is C14H14O2S. The maximum Gasteiger partial charge on any atom is 0.151 e. The molecule has 0 fully saturated rings. The van der Waals surface area contributed by atoms with Gasteiger partial charge in [-0.05, 0) is 28.0 Å². The summed E-state index contributed by atoms with van der Waals surface area (Å²) in [5.74, 6) is 0.00530. The Morgan fingerprint density at radius 3 is 2.41 bits per heavy atom. The molecule has 0 unspecified atom stereocenters. The largest absolute Gasteiger partial charge is 0.229 e. The molecule has 0 atom stereocenters. The van der Waals surface area contributed by atoms with Gasteiger partial charge in [-0.15, -0.1) is 0 Å². The summed E-state index contributed by atoms with van der Waals surface area (Å²) < 4.78 is 22.4. The molecule has 2 rings (SSSR count). The highest BCUT2D eigenvalue weighted by molar-refractivity contribution is 7.91. The molecule has 2 aromatic carbocycles. The molecule has 0 aliphatic rings. The van der Waals surface area contributed by atoms with Crippen LogP contribution in [-0.2, 0) is 9.84 Å². The van der Waals surface area contributed by atoms with Crippen LogP contribution in [0.4, 0.5) is 0 Å². The molecule has 0 amide bonds. The van der Waals surface area contributed by atoms with Crippen LogP contribution in [0.15, 0.2) is 49.0 Å². The van der Waals surface area contributed by atoms with Crippen LogP contribution in [0.1, 0.15) is 5.56 Å². The molecule has 88 valence electrons. The van der Waals surface area contributed by atoms with Crippen LogP contribution in [0, 0.1) is 0 Å². The summed E-state index contributed by atoms with van der Waals surface area (Å²) in [4.78, 5) is 0. The summed E-state index contributed by atoms with van der Waals surface area (Å²) in [5, 5.41) is 2.24. The van der Waals surface area contributed by atoms with Gasteiger partial charge in [-0.2, -0.15) is 0 Å². The zero-order valence-corrected chi connectivity index (χ0v) is 10.5. The molecule has 0 aliphatic carbocycles. The van der Waals surface area contributed by atoms with Crippen molar-refractivity contribution in [3.63, 3.8) is 0 Å². The van der Waals surface area contributed by atoms with E-state index in [1.54, 1.807) is 0 Å². The van der Waals surface area contributed by atoms with Gasteiger partial charge >= 0.3 is 0 Å². The maximum atomic E-state index is 11.2. The molecule has 17 heavy (non-hydrogen) atoms. The lowest BCUT2D eigenvalue weighted by Gasteiger charge is -2.06. The Balaban J connectivity index is 2.40. The predicted octanol–water partition coefficient (Wildman–Crippen LogP) is 2.90. The zero-order chi connectivity index (χ0) is 12.5. The van der Waals surface area contributed by atoms with E-state index in [1.807, 2.05) is 42.5 Å². The number of benzene rings is 2. The van der Waals surface area contributed by atoms with Crippen LogP contribution in [0.2, 0.25) is 0 Å². The van der Waals surface area contributed by atoms with Crippen molar-refractivity contribution in [3.05, 3.63) is 54.6 Å². The molecule has 2 aromatic rings. The minimum absolute atomic E-state index is 0.00530. The summed E-state index contributed by atoms with van der Waals surface area (Å²) in [7, 11) is -3.02. The van der Waals surface area contributed by atoms with E-state index in [-0.39, 0.29) is 5.75 Å². The summed E-state index contributed by atoms with van der Waals surface area (Å²) >= 11 is 0. The lowest BCUT2D eigenvalue weighted by molar-refractivity contribution is 0.605. The van der Waals surface area contributed by atoms with Gasteiger partial charge in [0, 0.05) is 6.26 Å². The second kappa shape index (κ2) is 4.34. The average molecular weight is 246 g/mol. The third-order valence-corrected chi connectivity index (χ3v) is 3.47. The highest BCUT2D eigenvalue weighted by Gasteiger charge is 2.07. The maximum absolute atomic E-state index is 11.2. The molecule has 0 N–H and O–H groups in total. The molecule has 0 radical (unpaired) electrons. The Bertz CT molecular complexity index is 669. The van der Waals surface area contributed by atoms with Crippen LogP contribution >= 0.6 is 0 Å². The summed E-state index contributed by atoms with van der Waals surface area (Å²) in [5.41, 5.74) is 1.52. The molecule has 0 aromatic heterocycles. The smallest absolute Gasteiger partial charge is 0.151 e. The molecule has 0 heterocycles. The summed E-state index contributed by atoms with van der Waals surface area (Å²) in [6.07, 6.45) is 1.22. The first kappa shape index (κ1) is 11.9. The fraction of sp³-hybridized carbons (Fsp3) is 0.143. The van der Waals surface area contributed by atoms with E-state index >= 15 is 0 Å². The second-order valence-corrected chi connectivity index (χ2v) is 6.38. The first-order chi connectivity index (χ1) is 7.96. The quantitative estimate of drug-likeness (QED) is 0.834. The SMILES string of the molecule is C=C(CS(C)(=O)=O)c1ccc2ccccc2c1. The lowest BCUT2D eigenvalue weighted by Crippen LogP contribution is -2.04. The van der Waals surface area contributed by atoms with E-state index in [0.29, 0.717) is 5.57 Å². The van der Waals surface area contributed by atoms with Crippen LogP contribution in [-0.4, -0.2) is 20.4 Å². The van der Waals surface area contributed by atoms with Gasteiger partial charge in [0.25, 0.3) is 0 Å². The average Bonchev–Trinajstić information content (AvgIpc) is 2.26. The van der Waals surface area contributed by atoms with Gasteiger partial charge in [-0.1, -0.05) is 43.0 Å². The molecular weight excluding hydrogens is 232 g/mol. The first-order valence-electron chi connectivity index (χ1n) is 5.30. The van der Waals surface area contributed by atoms with Crippen molar-refractivity contribution in [3.8, 4) is 0 Å². The van der Waals surface area contributed by atoms with Crippen molar-refractivity contribution in [2.24, 2.45) is 0 Å². The van der Waals surface area contributed by atoms with E-state index in [0.717, 1.165) is 16.3 Å². The van der Waals surface area contributed by atoms with Crippen LogP contribution in [0.3, 0.4) is 0 Å². The highest BCUT2D eigenvalue weighted by atomic mass is 32.2. The fourth-order valence-electron chi connectivity index (χ4n) is 1.81.